The smallest absolute Gasteiger partial charge is 0.231 e. The van der Waals surface area contributed by atoms with Gasteiger partial charge in [-0.2, -0.15) is 0 Å². The quantitative estimate of drug-likeness (QED) is 0.459. The summed E-state index contributed by atoms with van der Waals surface area (Å²) in [7, 11) is 1.59. The molecule has 3 heterocycles. The number of methoxy groups -OCH3 is 1. The molecule has 152 valence electrons. The standard InChI is InChI=1S/C23H19BrN2O4/c1-28-22-6-5-15(10-25-22)23-17-8-20-21(30-13-29-20)9-18(17)26(19(23)12-27)11-14-3-2-4-16(24)7-14/h2-10,27H,11-13H2,1H3. The zero-order valence-electron chi connectivity index (χ0n) is 16.3. The monoisotopic (exact) mass is 466 g/mol. The minimum Gasteiger partial charge on any atom is -0.481 e. The van der Waals surface area contributed by atoms with Crippen LogP contribution in [0.4, 0.5) is 0 Å². The summed E-state index contributed by atoms with van der Waals surface area (Å²) in [6, 6.07) is 15.9. The van der Waals surface area contributed by atoms with Crippen LogP contribution in [0.15, 0.2) is 59.2 Å². The molecule has 0 fully saturated rings. The predicted octanol–water partition coefficient (Wildman–Crippen LogP) is 4.74. The van der Waals surface area contributed by atoms with Crippen LogP contribution in [-0.4, -0.2) is 28.6 Å². The van der Waals surface area contributed by atoms with Crippen LogP contribution in [0.2, 0.25) is 0 Å². The summed E-state index contributed by atoms with van der Waals surface area (Å²) in [5, 5.41) is 11.3. The number of hydrogen-bond donors (Lipinski definition) is 1. The van der Waals surface area contributed by atoms with Crippen LogP contribution in [-0.2, 0) is 13.2 Å². The summed E-state index contributed by atoms with van der Waals surface area (Å²) in [6.45, 7) is 0.700. The molecule has 2 aromatic heterocycles. The SMILES string of the molecule is COc1ccc(-c2c(CO)n(Cc3cccc(Br)c3)c3cc4c(cc23)OCO4)cn1. The molecule has 0 bridgehead atoms. The molecule has 1 N–H and O–H groups in total. The van der Waals surface area contributed by atoms with Crippen LogP contribution in [0.25, 0.3) is 22.0 Å². The van der Waals surface area contributed by atoms with E-state index in [1.165, 1.54) is 0 Å². The molecule has 2 aromatic carbocycles. The molecule has 0 saturated carbocycles. The molecule has 1 aliphatic rings. The fourth-order valence-electron chi connectivity index (χ4n) is 3.92. The Hall–Kier alpha value is -3.03. The molecule has 0 unspecified atom stereocenters. The maximum atomic E-state index is 10.4. The number of aromatic nitrogens is 2. The van der Waals surface area contributed by atoms with Gasteiger partial charge >= 0.3 is 0 Å². The maximum absolute atomic E-state index is 10.4. The first-order valence-corrected chi connectivity index (χ1v) is 10.3. The average Bonchev–Trinajstić information content (AvgIpc) is 3.34. The van der Waals surface area contributed by atoms with Gasteiger partial charge in [0, 0.05) is 45.9 Å². The fourth-order valence-corrected chi connectivity index (χ4v) is 4.37. The maximum Gasteiger partial charge on any atom is 0.231 e. The number of pyridine rings is 1. The summed E-state index contributed by atoms with van der Waals surface area (Å²) in [4.78, 5) is 4.36. The van der Waals surface area contributed by atoms with Crippen LogP contribution in [0.3, 0.4) is 0 Å². The van der Waals surface area contributed by atoms with Crippen LogP contribution in [0.1, 0.15) is 11.3 Å². The summed E-state index contributed by atoms with van der Waals surface area (Å²) < 4.78 is 19.6. The van der Waals surface area contributed by atoms with E-state index in [1.54, 1.807) is 13.3 Å². The number of hydrogen-bond acceptors (Lipinski definition) is 5. The number of benzene rings is 2. The lowest BCUT2D eigenvalue weighted by Gasteiger charge is -2.11. The van der Waals surface area contributed by atoms with Crippen molar-refractivity contribution in [3.05, 3.63) is 70.5 Å². The highest BCUT2D eigenvalue weighted by molar-refractivity contribution is 9.10. The van der Waals surface area contributed by atoms with Crippen molar-refractivity contribution in [2.24, 2.45) is 0 Å². The third-order valence-corrected chi connectivity index (χ3v) is 5.77. The van der Waals surface area contributed by atoms with Crippen molar-refractivity contribution in [2.75, 3.05) is 13.9 Å². The molecule has 0 radical (unpaired) electrons. The fraction of sp³-hybridized carbons (Fsp3) is 0.174. The lowest BCUT2D eigenvalue weighted by Crippen LogP contribution is -2.05. The zero-order valence-corrected chi connectivity index (χ0v) is 17.8. The second-order valence-electron chi connectivity index (χ2n) is 7.01. The normalized spacial score (nSPS) is 12.5. The molecule has 1 aliphatic heterocycles. The first-order valence-electron chi connectivity index (χ1n) is 9.48. The van der Waals surface area contributed by atoms with E-state index < -0.39 is 0 Å². The largest absolute Gasteiger partial charge is 0.481 e. The third-order valence-electron chi connectivity index (χ3n) is 5.28. The van der Waals surface area contributed by atoms with E-state index in [1.807, 2.05) is 36.4 Å². The molecule has 5 rings (SSSR count). The molecule has 0 amide bonds. The number of fused-ring (bicyclic) bond motifs is 2. The topological polar surface area (TPSA) is 65.7 Å². The van der Waals surface area contributed by atoms with Gasteiger partial charge in [-0.15, -0.1) is 0 Å². The number of ether oxygens (including phenoxy) is 3. The zero-order chi connectivity index (χ0) is 20.7. The number of aliphatic hydroxyl groups excluding tert-OH is 1. The number of aliphatic hydroxyl groups is 1. The Labute approximate surface area is 181 Å². The molecular weight excluding hydrogens is 448 g/mol. The Morgan fingerprint density at radius 2 is 1.97 bits per heavy atom. The second kappa shape index (κ2) is 7.66. The van der Waals surface area contributed by atoms with Gasteiger partial charge in [-0.25, -0.2) is 4.98 Å². The summed E-state index contributed by atoms with van der Waals surface area (Å²) in [5.74, 6) is 1.95. The van der Waals surface area contributed by atoms with Gasteiger partial charge < -0.3 is 23.9 Å². The van der Waals surface area contributed by atoms with Crippen LogP contribution >= 0.6 is 15.9 Å². The highest BCUT2D eigenvalue weighted by atomic mass is 79.9. The second-order valence-corrected chi connectivity index (χ2v) is 7.92. The molecule has 7 heteroatoms. The van der Waals surface area contributed by atoms with E-state index >= 15 is 0 Å². The van der Waals surface area contributed by atoms with Crippen molar-refractivity contribution in [3.63, 3.8) is 0 Å². The number of halogens is 1. The molecule has 4 aromatic rings. The first kappa shape index (κ1) is 19.0. The van der Waals surface area contributed by atoms with Gasteiger partial charge in [-0.05, 0) is 29.8 Å². The number of rotatable bonds is 5. The Morgan fingerprint density at radius 3 is 2.67 bits per heavy atom. The van der Waals surface area contributed by atoms with Gasteiger partial charge in [-0.3, -0.25) is 0 Å². The van der Waals surface area contributed by atoms with Gasteiger partial charge in [0.2, 0.25) is 12.7 Å². The third kappa shape index (κ3) is 3.20. The van der Waals surface area contributed by atoms with Crippen LogP contribution < -0.4 is 14.2 Å². The summed E-state index contributed by atoms with van der Waals surface area (Å²) in [5.41, 5.74) is 4.72. The van der Waals surface area contributed by atoms with Crippen molar-refractivity contribution in [1.29, 1.82) is 0 Å². The van der Waals surface area contributed by atoms with Crippen molar-refractivity contribution in [3.8, 4) is 28.5 Å². The molecular formula is C23H19BrN2O4. The molecule has 0 saturated heterocycles. The average molecular weight is 467 g/mol. The lowest BCUT2D eigenvalue weighted by molar-refractivity contribution is 0.174. The number of nitrogens with zero attached hydrogens (tertiary/aromatic N) is 2. The van der Waals surface area contributed by atoms with E-state index in [0.717, 1.165) is 37.8 Å². The Balaban J connectivity index is 1.75. The lowest BCUT2D eigenvalue weighted by atomic mass is 10.0. The van der Waals surface area contributed by atoms with Crippen molar-refractivity contribution in [2.45, 2.75) is 13.2 Å². The Bertz CT molecular complexity index is 1230. The van der Waals surface area contributed by atoms with Crippen LogP contribution in [0.5, 0.6) is 17.4 Å². The van der Waals surface area contributed by atoms with Gasteiger partial charge in [-0.1, -0.05) is 28.1 Å². The van der Waals surface area contributed by atoms with Gasteiger partial charge in [0.1, 0.15) is 0 Å². The summed E-state index contributed by atoms with van der Waals surface area (Å²) >= 11 is 3.54. The van der Waals surface area contributed by atoms with E-state index in [2.05, 4.69) is 37.6 Å². The highest BCUT2D eigenvalue weighted by Crippen LogP contribution is 2.43. The minimum atomic E-state index is -0.115. The van der Waals surface area contributed by atoms with Crippen LogP contribution in [0, 0.1) is 0 Å². The van der Waals surface area contributed by atoms with E-state index in [-0.39, 0.29) is 13.4 Å². The molecule has 6 nitrogen and oxygen atoms in total. The first-order chi connectivity index (χ1) is 14.7. The van der Waals surface area contributed by atoms with Crippen molar-refractivity contribution in [1.82, 2.24) is 9.55 Å². The van der Waals surface area contributed by atoms with E-state index in [9.17, 15) is 5.11 Å². The van der Waals surface area contributed by atoms with Gasteiger partial charge in [0.05, 0.1) is 24.9 Å². The Morgan fingerprint density at radius 1 is 1.13 bits per heavy atom. The van der Waals surface area contributed by atoms with Gasteiger partial charge in [0.15, 0.2) is 11.5 Å². The van der Waals surface area contributed by atoms with E-state index in [0.29, 0.717) is 23.9 Å². The van der Waals surface area contributed by atoms with Crippen molar-refractivity contribution < 1.29 is 19.3 Å². The predicted molar refractivity (Wildman–Crippen MR) is 117 cm³/mol. The Kier molecular flexibility index (Phi) is 4.84. The van der Waals surface area contributed by atoms with Gasteiger partial charge in [0.25, 0.3) is 0 Å². The van der Waals surface area contributed by atoms with E-state index in [4.69, 9.17) is 14.2 Å². The minimum absolute atomic E-state index is 0.115. The highest BCUT2D eigenvalue weighted by Gasteiger charge is 2.23. The molecule has 30 heavy (non-hydrogen) atoms. The van der Waals surface area contributed by atoms with Crippen molar-refractivity contribution >= 4 is 26.8 Å². The summed E-state index contributed by atoms with van der Waals surface area (Å²) in [6.07, 6.45) is 1.76. The molecule has 0 spiro atoms. The molecule has 0 aliphatic carbocycles. The molecule has 0 atom stereocenters.